The van der Waals surface area contributed by atoms with E-state index in [1.165, 1.54) is 16.8 Å². The lowest BCUT2D eigenvalue weighted by Crippen LogP contribution is -2.36. The molecular formula is C34H55N3O. The largest absolute Gasteiger partial charge is 0.378 e. The fraction of sp³-hybridized carbons (Fsp3) is 0.441. The molecule has 0 aliphatic carbocycles. The van der Waals surface area contributed by atoms with Gasteiger partial charge < -0.3 is 14.5 Å². The molecular weight excluding hydrogens is 466 g/mol. The maximum Gasteiger partial charge on any atom is 0.0918 e. The van der Waals surface area contributed by atoms with E-state index >= 15 is 0 Å². The van der Waals surface area contributed by atoms with Gasteiger partial charge in [0, 0.05) is 31.9 Å². The normalized spacial score (nSPS) is 14.3. The van der Waals surface area contributed by atoms with Crippen LogP contribution in [0.1, 0.15) is 67.4 Å². The fourth-order valence-electron chi connectivity index (χ4n) is 3.33. The van der Waals surface area contributed by atoms with E-state index in [-0.39, 0.29) is 0 Å². The Hall–Kier alpha value is -3.11. The second-order valence-electron chi connectivity index (χ2n) is 7.93. The number of nitrogens with zero attached hydrogens (tertiary/aromatic N) is 3. The number of hydrogen-bond donors (Lipinski definition) is 0. The van der Waals surface area contributed by atoms with E-state index in [1.807, 2.05) is 60.0 Å². The van der Waals surface area contributed by atoms with Crippen molar-refractivity contribution in [1.82, 2.24) is 4.90 Å². The number of hydrogen-bond acceptors (Lipinski definition) is 4. The van der Waals surface area contributed by atoms with Crippen LogP contribution in [-0.4, -0.2) is 44.1 Å². The van der Waals surface area contributed by atoms with Gasteiger partial charge in [-0.1, -0.05) is 114 Å². The zero-order valence-electron chi connectivity index (χ0n) is 25.6. The Kier molecular flexibility index (Phi) is 26.3. The van der Waals surface area contributed by atoms with Crippen LogP contribution in [0.5, 0.6) is 0 Å². The van der Waals surface area contributed by atoms with Gasteiger partial charge in [-0.25, -0.2) is 4.99 Å². The van der Waals surface area contributed by atoms with Gasteiger partial charge in [0.2, 0.25) is 0 Å². The molecule has 1 fully saturated rings. The number of allylic oxidation sites excluding steroid dienone is 9. The highest BCUT2D eigenvalue weighted by Crippen LogP contribution is 2.30. The predicted octanol–water partition coefficient (Wildman–Crippen LogP) is 9.46. The zero-order valence-corrected chi connectivity index (χ0v) is 25.6. The van der Waals surface area contributed by atoms with E-state index in [1.54, 1.807) is 12.2 Å². The maximum absolute atomic E-state index is 5.43. The van der Waals surface area contributed by atoms with Crippen molar-refractivity contribution >= 4 is 17.7 Å². The number of ether oxygens (including phenoxy) is 1. The molecule has 4 nitrogen and oxygen atoms in total. The molecule has 0 bridgehead atoms. The van der Waals surface area contributed by atoms with E-state index in [4.69, 9.17) is 4.74 Å². The third-order valence-electron chi connectivity index (χ3n) is 5.06. The van der Waals surface area contributed by atoms with Crippen LogP contribution >= 0.6 is 0 Å². The molecule has 1 aromatic carbocycles. The van der Waals surface area contributed by atoms with Crippen molar-refractivity contribution < 1.29 is 4.74 Å². The molecule has 212 valence electrons. The quantitative estimate of drug-likeness (QED) is 0.264. The van der Waals surface area contributed by atoms with E-state index in [0.717, 1.165) is 51.5 Å². The number of morpholine rings is 1. The summed E-state index contributed by atoms with van der Waals surface area (Å²) in [6.45, 7) is 28.4. The molecule has 4 heteroatoms. The van der Waals surface area contributed by atoms with Crippen LogP contribution in [0.2, 0.25) is 0 Å². The Morgan fingerprint density at radius 2 is 1.63 bits per heavy atom. The van der Waals surface area contributed by atoms with Crippen LogP contribution in [-0.2, 0) is 11.3 Å². The Morgan fingerprint density at radius 3 is 2.16 bits per heavy atom. The van der Waals surface area contributed by atoms with Gasteiger partial charge in [-0.3, -0.25) is 0 Å². The van der Waals surface area contributed by atoms with Gasteiger partial charge >= 0.3 is 0 Å². The summed E-state index contributed by atoms with van der Waals surface area (Å²) in [7, 11) is 0. The summed E-state index contributed by atoms with van der Waals surface area (Å²) in [5.74, 6) is 0. The number of aliphatic imine (C=N–C) groups is 1. The van der Waals surface area contributed by atoms with Gasteiger partial charge in [-0.2, -0.15) is 0 Å². The van der Waals surface area contributed by atoms with Crippen LogP contribution in [0.15, 0.2) is 96.6 Å². The first-order chi connectivity index (χ1) is 18.6. The summed E-state index contributed by atoms with van der Waals surface area (Å²) in [6.07, 6.45) is 20.9. The fourth-order valence-corrected chi connectivity index (χ4v) is 3.33. The Balaban J connectivity index is 0. The molecule has 1 saturated heterocycles. The third-order valence-corrected chi connectivity index (χ3v) is 5.06. The van der Waals surface area contributed by atoms with Crippen LogP contribution < -0.4 is 4.90 Å². The zero-order chi connectivity index (χ0) is 29.0. The topological polar surface area (TPSA) is 28.1 Å². The van der Waals surface area contributed by atoms with Gasteiger partial charge in [-0.05, 0) is 44.9 Å². The molecule has 1 aromatic rings. The smallest absolute Gasteiger partial charge is 0.0918 e. The summed E-state index contributed by atoms with van der Waals surface area (Å²) in [6, 6.07) is 6.64. The average Bonchev–Trinajstić information content (AvgIpc) is 2.98. The molecule has 0 saturated carbocycles. The van der Waals surface area contributed by atoms with Crippen molar-refractivity contribution in [2.24, 2.45) is 4.99 Å². The van der Waals surface area contributed by atoms with E-state index < -0.39 is 0 Å². The van der Waals surface area contributed by atoms with E-state index in [9.17, 15) is 0 Å². The van der Waals surface area contributed by atoms with Gasteiger partial charge in [-0.15, -0.1) is 0 Å². The summed E-state index contributed by atoms with van der Waals surface area (Å²) < 4.78 is 5.43. The molecule has 2 aliphatic rings. The number of anilines is 1. The lowest BCUT2D eigenvalue weighted by Gasteiger charge is -2.30. The highest BCUT2D eigenvalue weighted by Gasteiger charge is 2.16. The summed E-state index contributed by atoms with van der Waals surface area (Å²) in [4.78, 5) is 9.31. The Morgan fingerprint density at radius 1 is 0.974 bits per heavy atom. The van der Waals surface area contributed by atoms with Gasteiger partial charge in [0.1, 0.15) is 0 Å². The molecule has 38 heavy (non-hydrogen) atoms. The minimum Gasteiger partial charge on any atom is -0.378 e. The van der Waals surface area contributed by atoms with Gasteiger partial charge in [0.05, 0.1) is 25.2 Å². The van der Waals surface area contributed by atoms with Crippen LogP contribution in [0, 0.1) is 0 Å². The van der Waals surface area contributed by atoms with Crippen molar-refractivity contribution in [3.05, 3.63) is 97.2 Å². The first-order valence-electron chi connectivity index (χ1n) is 14.1. The van der Waals surface area contributed by atoms with Crippen LogP contribution in [0.3, 0.4) is 0 Å². The van der Waals surface area contributed by atoms with Gasteiger partial charge in [0.15, 0.2) is 0 Å². The monoisotopic (exact) mass is 521 g/mol. The molecule has 0 radical (unpaired) electrons. The number of rotatable bonds is 7. The highest BCUT2D eigenvalue weighted by atomic mass is 16.5. The highest BCUT2D eigenvalue weighted by molar-refractivity contribution is 5.70. The SMILES string of the molecule is C/C=C\CC.C=CC=C.CC.CC.C\C=C/C=C\C=C(/C)CN1C=Nc2cc(N3CCOCC3)ccc2C1. The standard InChI is InChI=1S/C21H27N3O.C5H10.C4H6.2C2H6/c1-3-4-5-6-7-18(2)15-23-16-19-8-9-20(14-21(19)22-17-23)24-10-12-25-13-11-24;1-3-5-4-2;1-3-4-2;2*1-2/h3-9,14,17H,10-13,15-16H2,1-2H3;3,5H,4H2,1-2H3;3-4H,1-2H2;2*1-2H3/b4-3-,6-5-,18-7+;5-3-;;;. The van der Waals surface area contributed by atoms with Crippen molar-refractivity contribution in [2.75, 3.05) is 37.7 Å². The summed E-state index contributed by atoms with van der Waals surface area (Å²) in [5.41, 5.74) is 4.95. The molecule has 2 aliphatic heterocycles. The average molecular weight is 522 g/mol. The van der Waals surface area contributed by atoms with E-state index in [2.05, 4.69) is 90.4 Å². The lowest BCUT2D eigenvalue weighted by atomic mass is 10.1. The van der Waals surface area contributed by atoms with Crippen LogP contribution in [0.25, 0.3) is 0 Å². The summed E-state index contributed by atoms with van der Waals surface area (Å²) >= 11 is 0. The third kappa shape index (κ3) is 17.4. The predicted molar refractivity (Wildman–Crippen MR) is 174 cm³/mol. The van der Waals surface area contributed by atoms with Crippen molar-refractivity contribution in [1.29, 1.82) is 0 Å². The molecule has 0 N–H and O–H groups in total. The lowest BCUT2D eigenvalue weighted by molar-refractivity contribution is 0.122. The first kappa shape index (κ1) is 37.0. The van der Waals surface area contributed by atoms with E-state index in [0.29, 0.717) is 0 Å². The Bertz CT molecular complexity index is 866. The van der Waals surface area contributed by atoms with Crippen molar-refractivity contribution in [2.45, 2.75) is 68.4 Å². The minimum absolute atomic E-state index is 0.808. The minimum atomic E-state index is 0.808. The number of fused-ring (bicyclic) bond motifs is 1. The Labute approximate surface area is 235 Å². The second kappa shape index (κ2) is 26.9. The molecule has 0 unspecified atom stereocenters. The van der Waals surface area contributed by atoms with Crippen molar-refractivity contribution in [3.8, 4) is 0 Å². The summed E-state index contributed by atoms with van der Waals surface area (Å²) in [5, 5.41) is 0. The van der Waals surface area contributed by atoms with Crippen molar-refractivity contribution in [3.63, 3.8) is 0 Å². The molecule has 0 spiro atoms. The molecule has 3 rings (SSSR count). The molecule has 2 heterocycles. The molecule has 0 atom stereocenters. The van der Waals surface area contributed by atoms with Gasteiger partial charge in [0.25, 0.3) is 0 Å². The maximum atomic E-state index is 5.43. The van der Waals surface area contributed by atoms with Crippen LogP contribution in [0.4, 0.5) is 11.4 Å². The number of benzene rings is 1. The first-order valence-corrected chi connectivity index (χ1v) is 14.1. The second-order valence-corrected chi connectivity index (χ2v) is 7.93. The molecule has 0 aromatic heterocycles. The molecule has 0 amide bonds.